The van der Waals surface area contributed by atoms with Crippen molar-refractivity contribution in [1.29, 1.82) is 0 Å². The second kappa shape index (κ2) is 7.86. The highest BCUT2D eigenvalue weighted by Crippen LogP contribution is 2.14. The van der Waals surface area contributed by atoms with E-state index in [0.29, 0.717) is 0 Å². The van der Waals surface area contributed by atoms with E-state index in [1.807, 2.05) is 24.3 Å². The number of nitro groups is 1. The minimum absolute atomic E-state index is 0.0954. The number of amides is 2. The van der Waals surface area contributed by atoms with Crippen LogP contribution in [0.5, 0.6) is 0 Å². The maximum Gasteiger partial charge on any atom is 0.270 e. The maximum absolute atomic E-state index is 12.2. The zero-order valence-electron chi connectivity index (χ0n) is 12.4. The summed E-state index contributed by atoms with van der Waals surface area (Å²) in [7, 11) is 0. The molecule has 7 nitrogen and oxygen atoms in total. The van der Waals surface area contributed by atoms with E-state index in [0.717, 1.165) is 15.2 Å². The van der Waals surface area contributed by atoms with Crippen molar-refractivity contribution < 1.29 is 14.5 Å². The standard InChI is InChI=1S/C16H14IN3O4/c17-12-6-4-10(5-7-12)8-14(15(18)21)19-16(22)11-2-1-3-13(9-11)20(23)24/h1-7,9,14H,8H2,(H2,18,21)(H,19,22)/t14-/m0/s1. The van der Waals surface area contributed by atoms with E-state index in [-0.39, 0.29) is 17.7 Å². The van der Waals surface area contributed by atoms with Gasteiger partial charge in [-0.15, -0.1) is 0 Å². The Morgan fingerprint density at radius 3 is 2.46 bits per heavy atom. The molecular formula is C16H14IN3O4. The smallest absolute Gasteiger partial charge is 0.270 e. The van der Waals surface area contributed by atoms with Crippen LogP contribution >= 0.6 is 22.6 Å². The van der Waals surface area contributed by atoms with Crippen LogP contribution < -0.4 is 11.1 Å². The summed E-state index contributed by atoms with van der Waals surface area (Å²) in [5.41, 5.74) is 6.10. The van der Waals surface area contributed by atoms with Gasteiger partial charge in [0.25, 0.3) is 11.6 Å². The van der Waals surface area contributed by atoms with E-state index in [4.69, 9.17) is 5.73 Å². The molecule has 0 saturated heterocycles. The van der Waals surface area contributed by atoms with Gasteiger partial charge >= 0.3 is 0 Å². The fourth-order valence-electron chi connectivity index (χ4n) is 2.08. The number of hydrogen-bond donors (Lipinski definition) is 2. The molecule has 1 atom stereocenters. The van der Waals surface area contributed by atoms with Crippen LogP contribution in [0, 0.1) is 13.7 Å². The molecule has 8 heteroatoms. The summed E-state index contributed by atoms with van der Waals surface area (Å²) in [5, 5.41) is 13.3. The van der Waals surface area contributed by atoms with Crippen LogP contribution in [-0.4, -0.2) is 22.8 Å². The van der Waals surface area contributed by atoms with Crippen LogP contribution in [0.2, 0.25) is 0 Å². The van der Waals surface area contributed by atoms with Crippen molar-refractivity contribution in [3.05, 3.63) is 73.3 Å². The minimum Gasteiger partial charge on any atom is -0.368 e. The molecule has 0 radical (unpaired) electrons. The SMILES string of the molecule is NC(=O)[C@H](Cc1ccc(I)cc1)NC(=O)c1cccc([N+](=O)[O-])c1. The number of hydrogen-bond acceptors (Lipinski definition) is 4. The van der Waals surface area contributed by atoms with E-state index in [2.05, 4.69) is 27.9 Å². The Bertz CT molecular complexity index is 777. The average Bonchev–Trinajstić information content (AvgIpc) is 2.56. The van der Waals surface area contributed by atoms with Gasteiger partial charge in [0.2, 0.25) is 5.91 Å². The molecule has 0 unspecified atom stereocenters. The lowest BCUT2D eigenvalue weighted by Gasteiger charge is -2.15. The third-order valence-electron chi connectivity index (χ3n) is 3.32. The van der Waals surface area contributed by atoms with Gasteiger partial charge in [-0.05, 0) is 46.4 Å². The molecule has 0 spiro atoms. The molecular weight excluding hydrogens is 425 g/mol. The Morgan fingerprint density at radius 2 is 1.88 bits per heavy atom. The number of nitrogens with zero attached hydrogens (tertiary/aromatic N) is 1. The Hall–Kier alpha value is -2.49. The van der Waals surface area contributed by atoms with E-state index in [1.54, 1.807) is 0 Å². The molecule has 124 valence electrons. The number of primary amides is 1. The van der Waals surface area contributed by atoms with Gasteiger partial charge in [0.15, 0.2) is 0 Å². The maximum atomic E-state index is 12.2. The molecule has 0 aromatic heterocycles. The van der Waals surface area contributed by atoms with Gasteiger partial charge in [-0.1, -0.05) is 18.2 Å². The van der Waals surface area contributed by atoms with Gasteiger partial charge < -0.3 is 11.1 Å². The zero-order valence-corrected chi connectivity index (χ0v) is 14.6. The highest BCUT2D eigenvalue weighted by Gasteiger charge is 2.20. The van der Waals surface area contributed by atoms with Crippen molar-refractivity contribution in [1.82, 2.24) is 5.32 Å². The van der Waals surface area contributed by atoms with Gasteiger partial charge in [-0.2, -0.15) is 0 Å². The summed E-state index contributed by atoms with van der Waals surface area (Å²) in [6.45, 7) is 0. The second-order valence-electron chi connectivity index (χ2n) is 5.07. The van der Waals surface area contributed by atoms with E-state index >= 15 is 0 Å². The average molecular weight is 439 g/mol. The number of nitro benzene ring substituents is 1. The van der Waals surface area contributed by atoms with Gasteiger partial charge in [0.05, 0.1) is 4.92 Å². The summed E-state index contributed by atoms with van der Waals surface area (Å²) in [6.07, 6.45) is 0.243. The first-order valence-electron chi connectivity index (χ1n) is 6.96. The van der Waals surface area contributed by atoms with E-state index in [9.17, 15) is 19.7 Å². The van der Waals surface area contributed by atoms with Crippen molar-refractivity contribution in [3.63, 3.8) is 0 Å². The lowest BCUT2D eigenvalue weighted by atomic mass is 10.0. The largest absolute Gasteiger partial charge is 0.368 e. The van der Waals surface area contributed by atoms with Crippen molar-refractivity contribution in [2.75, 3.05) is 0 Å². The van der Waals surface area contributed by atoms with E-state index < -0.39 is 22.8 Å². The van der Waals surface area contributed by atoms with Gasteiger partial charge in [0, 0.05) is 27.7 Å². The number of carbonyl (C=O) groups is 2. The molecule has 0 aliphatic heterocycles. The monoisotopic (exact) mass is 439 g/mol. The van der Waals surface area contributed by atoms with Crippen molar-refractivity contribution in [2.45, 2.75) is 12.5 Å². The van der Waals surface area contributed by atoms with Gasteiger partial charge in [-0.3, -0.25) is 19.7 Å². The van der Waals surface area contributed by atoms with Crippen LogP contribution in [0.4, 0.5) is 5.69 Å². The van der Waals surface area contributed by atoms with Crippen LogP contribution in [0.3, 0.4) is 0 Å². The number of benzene rings is 2. The first-order valence-corrected chi connectivity index (χ1v) is 8.04. The van der Waals surface area contributed by atoms with Crippen LogP contribution in [-0.2, 0) is 11.2 Å². The van der Waals surface area contributed by atoms with Gasteiger partial charge in [-0.25, -0.2) is 0 Å². The Balaban J connectivity index is 2.13. The van der Waals surface area contributed by atoms with Crippen LogP contribution in [0.1, 0.15) is 15.9 Å². The number of rotatable bonds is 6. The third-order valence-corrected chi connectivity index (χ3v) is 4.04. The summed E-state index contributed by atoms with van der Waals surface area (Å²) >= 11 is 2.16. The molecule has 0 bridgehead atoms. The summed E-state index contributed by atoms with van der Waals surface area (Å²) in [6, 6.07) is 11.8. The first kappa shape index (κ1) is 17.9. The quantitative estimate of drug-likeness (QED) is 0.407. The molecule has 2 rings (SSSR count). The van der Waals surface area contributed by atoms with Crippen LogP contribution in [0.25, 0.3) is 0 Å². The molecule has 0 heterocycles. The summed E-state index contributed by atoms with van der Waals surface area (Å²) in [4.78, 5) is 34.0. The Kier molecular flexibility index (Phi) is 5.85. The number of nitrogens with two attached hydrogens (primary N) is 1. The predicted octanol–water partition coefficient (Wildman–Crippen LogP) is 2.03. The molecule has 24 heavy (non-hydrogen) atoms. The van der Waals surface area contributed by atoms with Crippen molar-refractivity contribution in [3.8, 4) is 0 Å². The highest BCUT2D eigenvalue weighted by molar-refractivity contribution is 14.1. The molecule has 0 aliphatic carbocycles. The molecule has 0 saturated carbocycles. The molecule has 3 N–H and O–H groups in total. The number of non-ortho nitro benzene ring substituents is 1. The molecule has 0 fully saturated rings. The second-order valence-corrected chi connectivity index (χ2v) is 6.31. The molecule has 2 aromatic carbocycles. The minimum atomic E-state index is -0.906. The fraction of sp³-hybridized carbons (Fsp3) is 0.125. The lowest BCUT2D eigenvalue weighted by Crippen LogP contribution is -2.45. The number of halogens is 1. The lowest BCUT2D eigenvalue weighted by molar-refractivity contribution is -0.384. The topological polar surface area (TPSA) is 115 Å². The van der Waals surface area contributed by atoms with Crippen molar-refractivity contribution in [2.24, 2.45) is 5.73 Å². The molecule has 2 aromatic rings. The third kappa shape index (κ3) is 4.75. The van der Waals surface area contributed by atoms with Crippen molar-refractivity contribution >= 4 is 40.1 Å². The summed E-state index contributed by atoms with van der Waals surface area (Å²) in [5.74, 6) is -1.26. The number of nitrogens with one attached hydrogen (secondary N) is 1. The predicted molar refractivity (Wildman–Crippen MR) is 96.4 cm³/mol. The molecule has 2 amide bonds. The summed E-state index contributed by atoms with van der Waals surface area (Å²) < 4.78 is 1.05. The molecule has 0 aliphatic rings. The number of carbonyl (C=O) groups excluding carboxylic acids is 2. The highest BCUT2D eigenvalue weighted by atomic mass is 127. The van der Waals surface area contributed by atoms with Gasteiger partial charge in [0.1, 0.15) is 6.04 Å². The Morgan fingerprint density at radius 1 is 1.21 bits per heavy atom. The first-order chi connectivity index (χ1) is 11.4. The zero-order chi connectivity index (χ0) is 17.7. The fourth-order valence-corrected chi connectivity index (χ4v) is 2.44. The van der Waals surface area contributed by atoms with E-state index in [1.165, 1.54) is 18.2 Å². The normalized spacial score (nSPS) is 11.5. The Labute approximate surface area is 151 Å². The van der Waals surface area contributed by atoms with Crippen LogP contribution in [0.15, 0.2) is 48.5 Å².